The molecule has 128 valence electrons. The number of alkyl halides is 3. The van der Waals surface area contributed by atoms with Gasteiger partial charge in [0.15, 0.2) is 6.10 Å². The summed E-state index contributed by atoms with van der Waals surface area (Å²) in [5.74, 6) is -1.54. The summed E-state index contributed by atoms with van der Waals surface area (Å²) >= 11 is 16.8. The number of hydrogen-bond acceptors (Lipinski definition) is 5. The van der Waals surface area contributed by atoms with Gasteiger partial charge < -0.3 is 14.2 Å². The Kier molecular flexibility index (Phi) is 6.42. The van der Waals surface area contributed by atoms with Crippen LogP contribution in [0.25, 0.3) is 0 Å². The van der Waals surface area contributed by atoms with Gasteiger partial charge in [-0.1, -0.05) is 53.0 Å². The number of benzene rings is 1. The van der Waals surface area contributed by atoms with E-state index in [1.807, 2.05) is 0 Å². The van der Waals surface area contributed by atoms with Gasteiger partial charge in [-0.2, -0.15) is 0 Å². The van der Waals surface area contributed by atoms with Crippen LogP contribution < -0.4 is 0 Å². The van der Waals surface area contributed by atoms with Crippen LogP contribution in [0.3, 0.4) is 0 Å². The first-order chi connectivity index (χ1) is 11.2. The summed E-state index contributed by atoms with van der Waals surface area (Å²) in [5.41, 5.74) is 0.375. The predicted molar refractivity (Wildman–Crippen MR) is 93.2 cm³/mol. The molecule has 1 saturated heterocycles. The highest BCUT2D eigenvalue weighted by molar-refractivity contribution is 6.76. The lowest BCUT2D eigenvalue weighted by Crippen LogP contribution is -2.47. The Balaban J connectivity index is 2.11. The van der Waals surface area contributed by atoms with E-state index in [0.717, 1.165) is 0 Å². The number of halogens is 3. The van der Waals surface area contributed by atoms with Crippen molar-refractivity contribution in [3.63, 3.8) is 0 Å². The maximum absolute atomic E-state index is 12.2. The Labute approximate surface area is 156 Å². The van der Waals surface area contributed by atoms with Crippen LogP contribution in [0.1, 0.15) is 23.7 Å². The minimum atomic E-state index is -2.04. The molecule has 0 spiro atoms. The summed E-state index contributed by atoms with van der Waals surface area (Å²) in [6.07, 6.45) is -2.01. The number of esters is 1. The Bertz CT molecular complexity index is 596. The highest BCUT2D eigenvalue weighted by Crippen LogP contribution is 2.34. The summed E-state index contributed by atoms with van der Waals surface area (Å²) in [6.45, 7) is 1.75. The third kappa shape index (κ3) is 5.02. The maximum atomic E-state index is 12.2. The molecule has 0 bridgehead atoms. The van der Waals surface area contributed by atoms with Crippen LogP contribution in [0.2, 0.25) is 5.82 Å². The summed E-state index contributed by atoms with van der Waals surface area (Å²) in [6, 6.07) is 8.45. The fourth-order valence-electron chi connectivity index (χ4n) is 2.14. The van der Waals surface area contributed by atoms with Crippen molar-refractivity contribution in [2.75, 3.05) is 0 Å². The fraction of sp³-hybridized carbons (Fsp3) is 0.467. The predicted octanol–water partition coefficient (Wildman–Crippen LogP) is 3.67. The molecular formula is C15H15BCl3NO4. The number of rotatable bonds is 3. The molecule has 1 fully saturated rings. The van der Waals surface area contributed by atoms with Gasteiger partial charge in [-0.15, -0.1) is 0 Å². The van der Waals surface area contributed by atoms with Crippen molar-refractivity contribution in [3.05, 3.63) is 35.9 Å². The highest BCUT2D eigenvalue weighted by Gasteiger charge is 2.41. The molecule has 1 aliphatic heterocycles. The average molecular weight is 390 g/mol. The topological polar surface area (TPSA) is 68.6 Å². The van der Waals surface area contributed by atoms with E-state index < -0.39 is 28.1 Å². The van der Waals surface area contributed by atoms with Crippen LogP contribution in [0, 0.1) is 5.41 Å². The first kappa shape index (κ1) is 19.4. The number of carbonyl (C=O) groups excluding carboxylic acids is 1. The zero-order valence-corrected chi connectivity index (χ0v) is 15.0. The molecule has 1 heterocycles. The fourth-order valence-corrected chi connectivity index (χ4v) is 2.27. The minimum Gasteiger partial charge on any atom is -0.452 e. The zero-order valence-electron chi connectivity index (χ0n) is 12.7. The van der Waals surface area contributed by atoms with Crippen molar-refractivity contribution in [3.8, 4) is 0 Å². The average Bonchev–Trinajstić information content (AvgIpc) is 2.52. The number of hydrogen-bond donors (Lipinski definition) is 1. The van der Waals surface area contributed by atoms with Gasteiger partial charge in [0.05, 0.1) is 19.5 Å². The van der Waals surface area contributed by atoms with Crippen LogP contribution in [0.5, 0.6) is 0 Å². The Morgan fingerprint density at radius 3 is 2.50 bits per heavy atom. The van der Waals surface area contributed by atoms with Crippen molar-refractivity contribution >= 4 is 54.5 Å². The molecule has 1 N–H and O–H groups in total. The van der Waals surface area contributed by atoms with Crippen molar-refractivity contribution < 1.29 is 19.0 Å². The molecule has 1 aromatic rings. The van der Waals surface area contributed by atoms with E-state index in [1.54, 1.807) is 37.3 Å². The molecule has 24 heavy (non-hydrogen) atoms. The van der Waals surface area contributed by atoms with Crippen molar-refractivity contribution in [1.29, 1.82) is 5.41 Å². The van der Waals surface area contributed by atoms with Gasteiger partial charge in [0.1, 0.15) is 0 Å². The second-order valence-electron chi connectivity index (χ2n) is 5.36. The van der Waals surface area contributed by atoms with Gasteiger partial charge in [-0.25, -0.2) is 4.79 Å². The quantitative estimate of drug-likeness (QED) is 0.281. The van der Waals surface area contributed by atoms with Gasteiger partial charge in [-0.05, 0) is 31.3 Å². The highest BCUT2D eigenvalue weighted by atomic mass is 35.6. The van der Waals surface area contributed by atoms with E-state index in [9.17, 15) is 4.79 Å². The molecule has 9 heteroatoms. The van der Waals surface area contributed by atoms with E-state index in [0.29, 0.717) is 5.56 Å². The van der Waals surface area contributed by atoms with E-state index in [1.165, 1.54) is 0 Å². The summed E-state index contributed by atoms with van der Waals surface area (Å²) in [7, 11) is 5.96. The third-order valence-corrected chi connectivity index (χ3v) is 4.03. The number of carbonyl (C=O) groups is 1. The lowest BCUT2D eigenvalue weighted by Gasteiger charge is -2.38. The molecule has 4 atom stereocenters. The molecule has 0 aromatic heterocycles. The van der Waals surface area contributed by atoms with Gasteiger partial charge in [0.25, 0.3) is 3.79 Å². The summed E-state index contributed by atoms with van der Waals surface area (Å²) in [5, 5.41) is 7.66. The molecule has 1 aliphatic rings. The SMILES string of the molecule is [B][C@@H]1C[C@@H](OC(=O)c2ccccc2)[C@H](OC(=N)C(Cl)(Cl)Cl)O[C@H]1C. The monoisotopic (exact) mass is 389 g/mol. The molecule has 1 aromatic carbocycles. The molecular weight excluding hydrogens is 375 g/mol. The summed E-state index contributed by atoms with van der Waals surface area (Å²) < 4.78 is 14.2. The number of nitrogens with one attached hydrogen (secondary N) is 1. The van der Waals surface area contributed by atoms with Gasteiger partial charge in [0, 0.05) is 0 Å². The molecule has 2 rings (SSSR count). The molecule has 0 aliphatic carbocycles. The van der Waals surface area contributed by atoms with Crippen molar-refractivity contribution in [1.82, 2.24) is 0 Å². The smallest absolute Gasteiger partial charge is 0.338 e. The Morgan fingerprint density at radius 1 is 1.29 bits per heavy atom. The van der Waals surface area contributed by atoms with Gasteiger partial charge >= 0.3 is 5.97 Å². The molecule has 2 radical (unpaired) electrons. The van der Waals surface area contributed by atoms with Crippen molar-refractivity contribution in [2.24, 2.45) is 0 Å². The van der Waals surface area contributed by atoms with Gasteiger partial charge in [-0.3, -0.25) is 5.41 Å². The minimum absolute atomic E-state index is 0.289. The number of ether oxygens (including phenoxy) is 3. The van der Waals surface area contributed by atoms with E-state index in [-0.39, 0.29) is 18.3 Å². The van der Waals surface area contributed by atoms with Crippen LogP contribution in [-0.4, -0.2) is 42.0 Å². The van der Waals surface area contributed by atoms with Crippen LogP contribution in [0.4, 0.5) is 0 Å². The zero-order chi connectivity index (χ0) is 17.9. The first-order valence-corrected chi connectivity index (χ1v) is 8.31. The maximum Gasteiger partial charge on any atom is 0.338 e. The standard InChI is InChI=1S/C15H15BCl3NO4/c1-8-10(16)7-11(13(22-8)24-14(20)15(17,18)19)23-12(21)9-5-3-2-4-6-9/h2-6,8,10-11,13,20H,7H2,1H3/t8-,10+,11+,13-/m0/s1. The second-order valence-corrected chi connectivity index (χ2v) is 7.64. The normalized spacial score (nSPS) is 27.3. The van der Waals surface area contributed by atoms with Crippen LogP contribution in [-0.2, 0) is 14.2 Å². The molecule has 0 unspecified atom stereocenters. The van der Waals surface area contributed by atoms with Gasteiger partial charge in [0.2, 0.25) is 12.2 Å². The largest absolute Gasteiger partial charge is 0.452 e. The van der Waals surface area contributed by atoms with E-state index in [4.69, 9.17) is 62.3 Å². The Morgan fingerprint density at radius 2 is 1.92 bits per heavy atom. The van der Waals surface area contributed by atoms with E-state index >= 15 is 0 Å². The summed E-state index contributed by atoms with van der Waals surface area (Å²) in [4.78, 5) is 12.2. The lowest BCUT2D eigenvalue weighted by atomic mass is 9.77. The second kappa shape index (κ2) is 7.96. The van der Waals surface area contributed by atoms with Crippen molar-refractivity contribution in [2.45, 2.75) is 41.5 Å². The molecule has 5 nitrogen and oxygen atoms in total. The lowest BCUT2D eigenvalue weighted by molar-refractivity contribution is -0.203. The van der Waals surface area contributed by atoms with Crippen LogP contribution >= 0.6 is 34.8 Å². The van der Waals surface area contributed by atoms with Crippen LogP contribution in [0.15, 0.2) is 30.3 Å². The molecule has 0 amide bonds. The van der Waals surface area contributed by atoms with E-state index in [2.05, 4.69) is 0 Å². The first-order valence-electron chi connectivity index (χ1n) is 7.18. The molecule has 0 saturated carbocycles. The third-order valence-electron chi connectivity index (χ3n) is 3.52. The Hall–Kier alpha value is -0.945.